The van der Waals surface area contributed by atoms with E-state index < -0.39 is 28.9 Å². The Labute approximate surface area is 112 Å². The molecule has 1 aliphatic heterocycles. The van der Waals surface area contributed by atoms with Crippen LogP contribution < -0.4 is 10.3 Å². The van der Waals surface area contributed by atoms with Crippen LogP contribution in [0.2, 0.25) is 0 Å². The molecule has 1 aromatic heterocycles. The second-order valence-electron chi connectivity index (χ2n) is 4.74. The van der Waals surface area contributed by atoms with Gasteiger partial charge in [-0.05, 0) is 12.1 Å². The van der Waals surface area contributed by atoms with Crippen molar-refractivity contribution in [3.8, 4) is 0 Å². The first kappa shape index (κ1) is 12.6. The maximum Gasteiger partial charge on any atom is 0.341 e. The molecule has 1 aromatic carbocycles. The number of aromatic nitrogens is 1. The van der Waals surface area contributed by atoms with Crippen molar-refractivity contribution in [3.63, 3.8) is 0 Å². The summed E-state index contributed by atoms with van der Waals surface area (Å²) in [7, 11) is 0. The number of β-amino-alcohol motifs (C(OH)–C–C–N with tert-alkyl or cyclic N) is 1. The number of carboxylic acids is 1. The zero-order valence-electron chi connectivity index (χ0n) is 10.3. The van der Waals surface area contributed by atoms with Gasteiger partial charge in [-0.15, -0.1) is 0 Å². The van der Waals surface area contributed by atoms with Crippen molar-refractivity contribution in [1.82, 2.24) is 4.98 Å². The number of benzene rings is 1. The number of carbonyl (C=O) groups is 1. The van der Waals surface area contributed by atoms with E-state index in [0.29, 0.717) is 18.6 Å². The highest BCUT2D eigenvalue weighted by atomic mass is 19.1. The van der Waals surface area contributed by atoms with Gasteiger partial charge < -0.3 is 20.1 Å². The molecule has 1 fully saturated rings. The molecule has 0 bridgehead atoms. The van der Waals surface area contributed by atoms with Gasteiger partial charge >= 0.3 is 5.97 Å². The number of nitrogens with one attached hydrogen (secondary N) is 1. The summed E-state index contributed by atoms with van der Waals surface area (Å²) in [5.74, 6) is -1.97. The third-order valence-corrected chi connectivity index (χ3v) is 3.38. The number of aliphatic hydroxyl groups is 1. The van der Waals surface area contributed by atoms with Crippen molar-refractivity contribution >= 4 is 22.6 Å². The Bertz CT molecular complexity index is 765. The Kier molecular flexibility index (Phi) is 2.72. The van der Waals surface area contributed by atoms with Gasteiger partial charge in [-0.3, -0.25) is 4.79 Å². The zero-order valence-corrected chi connectivity index (χ0v) is 10.3. The summed E-state index contributed by atoms with van der Waals surface area (Å²) < 4.78 is 14.0. The minimum absolute atomic E-state index is 0.00720. The number of hydrogen-bond donors (Lipinski definition) is 3. The summed E-state index contributed by atoms with van der Waals surface area (Å²) in [5, 5.41) is 18.1. The predicted molar refractivity (Wildman–Crippen MR) is 69.7 cm³/mol. The molecular weight excluding hydrogens is 267 g/mol. The number of aliphatic hydroxyl groups excluding tert-OH is 1. The molecule has 0 radical (unpaired) electrons. The van der Waals surface area contributed by atoms with Crippen LogP contribution in [0.3, 0.4) is 0 Å². The molecule has 0 saturated carbocycles. The highest BCUT2D eigenvalue weighted by Crippen LogP contribution is 2.27. The lowest BCUT2D eigenvalue weighted by Crippen LogP contribution is -2.51. The molecule has 1 aliphatic rings. The zero-order chi connectivity index (χ0) is 14.4. The number of anilines is 1. The molecule has 1 saturated heterocycles. The van der Waals surface area contributed by atoms with E-state index in [2.05, 4.69) is 4.98 Å². The fraction of sp³-hybridized carbons (Fsp3) is 0.231. The second-order valence-corrected chi connectivity index (χ2v) is 4.74. The molecule has 2 aromatic rings. The van der Waals surface area contributed by atoms with Gasteiger partial charge in [-0.25, -0.2) is 9.18 Å². The van der Waals surface area contributed by atoms with E-state index in [1.807, 2.05) is 0 Å². The van der Waals surface area contributed by atoms with Crippen LogP contribution in [0.25, 0.3) is 10.9 Å². The van der Waals surface area contributed by atoms with E-state index in [1.54, 1.807) is 4.90 Å². The molecule has 7 heteroatoms. The number of nitrogens with zero attached hydrogens (tertiary/aromatic N) is 1. The van der Waals surface area contributed by atoms with Crippen molar-refractivity contribution in [2.75, 3.05) is 18.0 Å². The number of pyridine rings is 1. The first-order valence-corrected chi connectivity index (χ1v) is 5.98. The van der Waals surface area contributed by atoms with E-state index in [9.17, 15) is 19.1 Å². The number of fused-ring (bicyclic) bond motifs is 1. The third-order valence-electron chi connectivity index (χ3n) is 3.38. The maximum absolute atomic E-state index is 14.0. The van der Waals surface area contributed by atoms with Crippen molar-refractivity contribution in [3.05, 3.63) is 39.9 Å². The van der Waals surface area contributed by atoms with Gasteiger partial charge in [0.05, 0.1) is 17.3 Å². The van der Waals surface area contributed by atoms with E-state index in [0.717, 1.165) is 12.3 Å². The minimum Gasteiger partial charge on any atom is -0.477 e. The lowest BCUT2D eigenvalue weighted by Gasteiger charge is -2.38. The van der Waals surface area contributed by atoms with Crippen molar-refractivity contribution in [2.45, 2.75) is 6.10 Å². The Morgan fingerprint density at radius 1 is 1.40 bits per heavy atom. The van der Waals surface area contributed by atoms with Gasteiger partial charge in [0.2, 0.25) is 5.43 Å². The summed E-state index contributed by atoms with van der Waals surface area (Å²) in [5.41, 5.74) is -0.510. The van der Waals surface area contributed by atoms with Crippen molar-refractivity contribution < 1.29 is 19.4 Å². The summed E-state index contributed by atoms with van der Waals surface area (Å²) in [6, 6.07) is 2.48. The Morgan fingerprint density at radius 3 is 2.70 bits per heavy atom. The maximum atomic E-state index is 14.0. The molecule has 3 rings (SSSR count). The average Bonchev–Trinajstić information content (AvgIpc) is 2.35. The van der Waals surface area contributed by atoms with Crippen LogP contribution in [-0.2, 0) is 0 Å². The average molecular weight is 278 g/mol. The lowest BCUT2D eigenvalue weighted by molar-refractivity contribution is 0.0695. The van der Waals surface area contributed by atoms with Crippen LogP contribution in [-0.4, -0.2) is 40.4 Å². The largest absolute Gasteiger partial charge is 0.477 e. The molecule has 0 unspecified atom stereocenters. The van der Waals surface area contributed by atoms with Gasteiger partial charge in [0.1, 0.15) is 11.4 Å². The molecule has 20 heavy (non-hydrogen) atoms. The van der Waals surface area contributed by atoms with Gasteiger partial charge in [0.25, 0.3) is 0 Å². The fourth-order valence-corrected chi connectivity index (χ4v) is 2.28. The summed E-state index contributed by atoms with van der Waals surface area (Å²) in [6.45, 7) is 0.666. The van der Waals surface area contributed by atoms with Gasteiger partial charge in [-0.1, -0.05) is 0 Å². The van der Waals surface area contributed by atoms with Crippen molar-refractivity contribution in [2.24, 2.45) is 0 Å². The van der Waals surface area contributed by atoms with Crippen LogP contribution in [0.1, 0.15) is 10.4 Å². The molecule has 2 heterocycles. The molecule has 0 aliphatic carbocycles. The standard InChI is InChI=1S/C13H11FN2O4/c14-9-1-7-10(2-11(9)16-4-6(17)5-16)15-3-8(12(7)18)13(19)20/h1-3,6,17H,4-5H2,(H,15,18)(H,19,20). The van der Waals surface area contributed by atoms with E-state index in [-0.39, 0.29) is 11.1 Å². The van der Waals surface area contributed by atoms with Crippen molar-refractivity contribution in [1.29, 1.82) is 0 Å². The number of H-pyrrole nitrogens is 1. The smallest absolute Gasteiger partial charge is 0.341 e. The number of aromatic carboxylic acids is 1. The highest BCUT2D eigenvalue weighted by Gasteiger charge is 2.27. The van der Waals surface area contributed by atoms with Crippen LogP contribution in [0.15, 0.2) is 23.1 Å². The summed E-state index contributed by atoms with van der Waals surface area (Å²) >= 11 is 0. The van der Waals surface area contributed by atoms with Gasteiger partial charge in [0.15, 0.2) is 0 Å². The van der Waals surface area contributed by atoms with Gasteiger partial charge in [-0.2, -0.15) is 0 Å². The Hall–Kier alpha value is -2.41. The molecule has 0 amide bonds. The Balaban J connectivity index is 2.16. The topological polar surface area (TPSA) is 93.6 Å². The minimum atomic E-state index is -1.36. The quantitative estimate of drug-likeness (QED) is 0.745. The third kappa shape index (κ3) is 1.83. The molecular formula is C13H11FN2O4. The molecule has 3 N–H and O–H groups in total. The van der Waals surface area contributed by atoms with E-state index in [4.69, 9.17) is 5.11 Å². The molecule has 104 valence electrons. The van der Waals surface area contributed by atoms with Crippen LogP contribution >= 0.6 is 0 Å². The van der Waals surface area contributed by atoms with E-state index >= 15 is 0 Å². The molecule has 6 nitrogen and oxygen atoms in total. The highest BCUT2D eigenvalue weighted by molar-refractivity contribution is 5.93. The second kappa shape index (κ2) is 4.31. The SMILES string of the molecule is O=C(O)c1c[nH]c2cc(N3CC(O)C3)c(F)cc2c1=O. The number of hydrogen-bond acceptors (Lipinski definition) is 4. The van der Waals surface area contributed by atoms with Crippen LogP contribution in [0, 0.1) is 5.82 Å². The number of halogens is 1. The van der Waals surface area contributed by atoms with Crippen LogP contribution in [0.5, 0.6) is 0 Å². The normalized spacial score (nSPS) is 15.4. The summed E-state index contributed by atoms with van der Waals surface area (Å²) in [6.07, 6.45) is 0.623. The van der Waals surface area contributed by atoms with Crippen LogP contribution in [0.4, 0.5) is 10.1 Å². The molecule has 0 spiro atoms. The summed E-state index contributed by atoms with van der Waals surface area (Å²) in [4.78, 5) is 27.1. The predicted octanol–water partition coefficient (Wildman–Crippen LogP) is 0.546. The lowest BCUT2D eigenvalue weighted by atomic mass is 10.1. The molecule has 0 atom stereocenters. The fourth-order valence-electron chi connectivity index (χ4n) is 2.28. The van der Waals surface area contributed by atoms with E-state index in [1.165, 1.54) is 6.07 Å². The first-order chi connectivity index (χ1) is 9.47. The van der Waals surface area contributed by atoms with Gasteiger partial charge in [0, 0.05) is 24.7 Å². The first-order valence-electron chi connectivity index (χ1n) is 5.98. The number of carboxylic acid groups (broad SMARTS) is 1. The Morgan fingerprint density at radius 2 is 2.10 bits per heavy atom. The number of aromatic amines is 1. The monoisotopic (exact) mass is 278 g/mol. The number of rotatable bonds is 2.